The highest BCUT2D eigenvalue weighted by Gasteiger charge is 1.99. The van der Waals surface area contributed by atoms with Crippen molar-refractivity contribution >= 4 is 12.6 Å². The van der Waals surface area contributed by atoms with Gasteiger partial charge in [0.2, 0.25) is 0 Å². The first-order chi connectivity index (χ1) is 4.35. The lowest BCUT2D eigenvalue weighted by molar-refractivity contribution is 0.559. The molecule has 0 fully saturated rings. The monoisotopic (exact) mass is 148 g/mol. The highest BCUT2D eigenvalue weighted by molar-refractivity contribution is 7.80. The zero-order valence-electron chi connectivity index (χ0n) is 6.15. The van der Waals surface area contributed by atoms with Crippen LogP contribution in [0.1, 0.15) is 6.92 Å². The summed E-state index contributed by atoms with van der Waals surface area (Å²) in [7, 11) is 1.96. The Morgan fingerprint density at radius 2 is 2.22 bits per heavy atom. The van der Waals surface area contributed by atoms with Gasteiger partial charge in [0.25, 0.3) is 0 Å². The maximum absolute atomic E-state index is 4.17. The quantitative estimate of drug-likeness (QED) is 0.482. The Morgan fingerprint density at radius 1 is 1.56 bits per heavy atom. The SMILES string of the molecule is CCNC[C@@H](CS)NC. The largest absolute Gasteiger partial charge is 0.315 e. The van der Waals surface area contributed by atoms with E-state index in [0.29, 0.717) is 6.04 Å². The van der Waals surface area contributed by atoms with Gasteiger partial charge in [0.15, 0.2) is 0 Å². The third-order valence-electron chi connectivity index (χ3n) is 1.27. The number of nitrogens with one attached hydrogen (secondary N) is 2. The smallest absolute Gasteiger partial charge is 0.0277 e. The van der Waals surface area contributed by atoms with Crippen LogP contribution in [0, 0.1) is 0 Å². The molecule has 0 spiro atoms. The molecule has 2 N–H and O–H groups in total. The van der Waals surface area contributed by atoms with Gasteiger partial charge in [0.05, 0.1) is 0 Å². The summed E-state index contributed by atoms with van der Waals surface area (Å²) in [5, 5.41) is 6.39. The van der Waals surface area contributed by atoms with Gasteiger partial charge in [-0.25, -0.2) is 0 Å². The summed E-state index contributed by atoms with van der Waals surface area (Å²) in [5.41, 5.74) is 0. The van der Waals surface area contributed by atoms with Gasteiger partial charge in [-0.3, -0.25) is 0 Å². The molecule has 0 heterocycles. The van der Waals surface area contributed by atoms with Gasteiger partial charge in [-0.05, 0) is 13.6 Å². The predicted molar refractivity (Wildman–Crippen MR) is 45.2 cm³/mol. The Morgan fingerprint density at radius 3 is 2.56 bits per heavy atom. The first-order valence-corrected chi connectivity index (χ1v) is 3.97. The molecule has 0 aliphatic rings. The predicted octanol–water partition coefficient (Wildman–Crippen LogP) is 0.114. The summed E-state index contributed by atoms with van der Waals surface area (Å²) in [6.07, 6.45) is 0. The minimum absolute atomic E-state index is 0.508. The van der Waals surface area contributed by atoms with E-state index in [4.69, 9.17) is 0 Å². The number of hydrogen-bond donors (Lipinski definition) is 3. The molecule has 0 aliphatic heterocycles. The van der Waals surface area contributed by atoms with E-state index in [1.807, 2.05) is 7.05 Å². The number of likely N-dealkylation sites (N-methyl/N-ethyl adjacent to an activating group) is 2. The second-order valence-corrected chi connectivity index (χ2v) is 2.34. The van der Waals surface area contributed by atoms with E-state index in [1.165, 1.54) is 0 Å². The first-order valence-electron chi connectivity index (χ1n) is 3.34. The molecule has 2 nitrogen and oxygen atoms in total. The van der Waals surface area contributed by atoms with Crippen molar-refractivity contribution in [2.24, 2.45) is 0 Å². The van der Waals surface area contributed by atoms with Crippen molar-refractivity contribution in [1.29, 1.82) is 0 Å². The van der Waals surface area contributed by atoms with Gasteiger partial charge in [0.1, 0.15) is 0 Å². The molecule has 0 rings (SSSR count). The van der Waals surface area contributed by atoms with E-state index >= 15 is 0 Å². The van der Waals surface area contributed by atoms with Crippen LogP contribution < -0.4 is 10.6 Å². The van der Waals surface area contributed by atoms with E-state index in [2.05, 4.69) is 30.2 Å². The molecule has 0 amide bonds. The topological polar surface area (TPSA) is 24.1 Å². The lowest BCUT2D eigenvalue weighted by atomic mass is 10.3. The zero-order valence-corrected chi connectivity index (χ0v) is 7.04. The fourth-order valence-corrected chi connectivity index (χ4v) is 0.888. The zero-order chi connectivity index (χ0) is 7.11. The molecule has 9 heavy (non-hydrogen) atoms. The molecular weight excluding hydrogens is 132 g/mol. The maximum Gasteiger partial charge on any atom is 0.0277 e. The molecular formula is C6H16N2S. The van der Waals surface area contributed by atoms with E-state index in [1.54, 1.807) is 0 Å². The van der Waals surface area contributed by atoms with Crippen LogP contribution in [0.2, 0.25) is 0 Å². The lowest BCUT2D eigenvalue weighted by Crippen LogP contribution is -2.37. The Labute approximate surface area is 62.8 Å². The molecule has 0 aromatic carbocycles. The van der Waals surface area contributed by atoms with Crippen molar-refractivity contribution in [2.75, 3.05) is 25.9 Å². The number of rotatable bonds is 5. The molecule has 0 saturated heterocycles. The van der Waals surface area contributed by atoms with E-state index in [-0.39, 0.29) is 0 Å². The lowest BCUT2D eigenvalue weighted by Gasteiger charge is -2.12. The van der Waals surface area contributed by atoms with Crippen molar-refractivity contribution in [1.82, 2.24) is 10.6 Å². The summed E-state index contributed by atoms with van der Waals surface area (Å²) in [6, 6.07) is 0.508. The average molecular weight is 148 g/mol. The van der Waals surface area contributed by atoms with Crippen molar-refractivity contribution in [3.05, 3.63) is 0 Å². The van der Waals surface area contributed by atoms with Crippen LogP contribution in [0.5, 0.6) is 0 Å². The maximum atomic E-state index is 4.17. The molecule has 0 aliphatic carbocycles. The van der Waals surface area contributed by atoms with Gasteiger partial charge < -0.3 is 10.6 Å². The summed E-state index contributed by atoms with van der Waals surface area (Å²) >= 11 is 4.17. The molecule has 0 aromatic rings. The van der Waals surface area contributed by atoms with E-state index < -0.39 is 0 Å². The van der Waals surface area contributed by atoms with Crippen LogP contribution >= 0.6 is 12.6 Å². The molecule has 0 unspecified atom stereocenters. The van der Waals surface area contributed by atoms with Gasteiger partial charge in [0, 0.05) is 18.3 Å². The Hall–Kier alpha value is 0.270. The molecule has 56 valence electrons. The fourth-order valence-electron chi connectivity index (χ4n) is 0.576. The highest BCUT2D eigenvalue weighted by Crippen LogP contribution is 1.82. The van der Waals surface area contributed by atoms with Crippen LogP contribution in [0.3, 0.4) is 0 Å². The number of thiol groups is 1. The molecule has 0 radical (unpaired) electrons. The van der Waals surface area contributed by atoms with Crippen molar-refractivity contribution in [2.45, 2.75) is 13.0 Å². The second kappa shape index (κ2) is 6.39. The number of hydrogen-bond acceptors (Lipinski definition) is 3. The van der Waals surface area contributed by atoms with Crippen molar-refractivity contribution in [3.8, 4) is 0 Å². The summed E-state index contributed by atoms with van der Waals surface area (Å²) in [6.45, 7) is 4.15. The van der Waals surface area contributed by atoms with Crippen LogP contribution in [0.15, 0.2) is 0 Å². The van der Waals surface area contributed by atoms with Crippen molar-refractivity contribution < 1.29 is 0 Å². The van der Waals surface area contributed by atoms with Gasteiger partial charge in [-0.1, -0.05) is 6.92 Å². The average Bonchev–Trinajstić information content (AvgIpc) is 1.91. The molecule has 0 saturated carbocycles. The Bertz CT molecular complexity index is 55.0. The van der Waals surface area contributed by atoms with E-state index in [0.717, 1.165) is 18.8 Å². The third kappa shape index (κ3) is 4.75. The normalized spacial score (nSPS) is 13.7. The standard InChI is InChI=1S/C6H16N2S/c1-3-8-4-6(5-9)7-2/h6-9H,3-5H2,1-2H3/t6-/m0/s1. The molecule has 1 atom stereocenters. The van der Waals surface area contributed by atoms with Crippen molar-refractivity contribution in [3.63, 3.8) is 0 Å². The Kier molecular flexibility index (Phi) is 6.58. The highest BCUT2D eigenvalue weighted by atomic mass is 32.1. The van der Waals surface area contributed by atoms with E-state index in [9.17, 15) is 0 Å². The minimum atomic E-state index is 0.508. The van der Waals surface area contributed by atoms with Crippen LogP contribution in [0.4, 0.5) is 0 Å². The second-order valence-electron chi connectivity index (χ2n) is 1.98. The van der Waals surface area contributed by atoms with Gasteiger partial charge >= 0.3 is 0 Å². The third-order valence-corrected chi connectivity index (χ3v) is 1.71. The van der Waals surface area contributed by atoms with Gasteiger partial charge in [-0.2, -0.15) is 12.6 Å². The molecule has 0 aromatic heterocycles. The molecule has 0 bridgehead atoms. The minimum Gasteiger partial charge on any atom is -0.315 e. The van der Waals surface area contributed by atoms with Gasteiger partial charge in [-0.15, -0.1) is 0 Å². The van der Waals surface area contributed by atoms with Crippen LogP contribution in [0.25, 0.3) is 0 Å². The van der Waals surface area contributed by atoms with Crippen LogP contribution in [-0.4, -0.2) is 31.9 Å². The molecule has 3 heteroatoms. The summed E-state index contributed by atoms with van der Waals surface area (Å²) in [5.74, 6) is 0.892. The summed E-state index contributed by atoms with van der Waals surface area (Å²) in [4.78, 5) is 0. The fraction of sp³-hybridized carbons (Fsp3) is 1.00. The van der Waals surface area contributed by atoms with Crippen LogP contribution in [-0.2, 0) is 0 Å². The Balaban J connectivity index is 3.09. The summed E-state index contributed by atoms with van der Waals surface area (Å²) < 4.78 is 0. The first kappa shape index (κ1) is 9.27.